The van der Waals surface area contributed by atoms with E-state index >= 15 is 0 Å². The zero-order valence-electron chi connectivity index (χ0n) is 19.4. The maximum absolute atomic E-state index is 12.5. The molecule has 7 heteroatoms. The molecule has 166 valence electrons. The van der Waals surface area contributed by atoms with Gasteiger partial charge in [0.2, 0.25) is 0 Å². The lowest BCUT2D eigenvalue weighted by Gasteiger charge is -2.31. The van der Waals surface area contributed by atoms with Crippen LogP contribution in [0.4, 0.5) is 10.5 Å². The Bertz CT molecular complexity index is 888. The number of aliphatic hydroxyl groups is 1. The average molecular weight is 436 g/mol. The number of amides is 1. The summed E-state index contributed by atoms with van der Waals surface area (Å²) in [6.07, 6.45) is -0.257. The van der Waals surface area contributed by atoms with Gasteiger partial charge in [-0.1, -0.05) is 32.5 Å². The number of aryl methyl sites for hydroxylation is 1. The van der Waals surface area contributed by atoms with E-state index in [1.165, 1.54) is 11.8 Å². The fourth-order valence-corrected chi connectivity index (χ4v) is 4.29. The number of ether oxygens (including phenoxy) is 2. The van der Waals surface area contributed by atoms with E-state index in [1.54, 1.807) is 13.8 Å². The van der Waals surface area contributed by atoms with Gasteiger partial charge >= 0.3 is 12.1 Å². The Hall–Kier alpha value is -2.15. The molecule has 1 aromatic carbocycles. The van der Waals surface area contributed by atoms with Crippen molar-refractivity contribution in [2.45, 2.75) is 90.2 Å². The van der Waals surface area contributed by atoms with Crippen molar-refractivity contribution in [2.75, 3.05) is 5.32 Å². The Morgan fingerprint density at radius 3 is 2.30 bits per heavy atom. The number of carbonyl (C=O) groups is 2. The predicted molar refractivity (Wildman–Crippen MR) is 120 cm³/mol. The Labute approximate surface area is 183 Å². The average Bonchev–Trinajstić information content (AvgIpc) is 2.49. The number of carbonyl (C=O) groups excluding carboxylic acids is 2. The topological polar surface area (TPSA) is 84.9 Å². The summed E-state index contributed by atoms with van der Waals surface area (Å²) in [5.41, 5.74) is 0.802. The van der Waals surface area contributed by atoms with Gasteiger partial charge in [0.15, 0.2) is 0 Å². The molecule has 0 bridgehead atoms. The smallest absolute Gasteiger partial charge is 0.412 e. The van der Waals surface area contributed by atoms with Crippen molar-refractivity contribution in [3.63, 3.8) is 0 Å². The van der Waals surface area contributed by atoms with Crippen LogP contribution in [0.1, 0.15) is 72.9 Å². The van der Waals surface area contributed by atoms with E-state index in [-0.39, 0.29) is 22.5 Å². The molecule has 0 spiro atoms. The van der Waals surface area contributed by atoms with Crippen LogP contribution in [0, 0.1) is 6.92 Å². The van der Waals surface area contributed by atoms with Crippen molar-refractivity contribution >= 4 is 29.5 Å². The van der Waals surface area contributed by atoms with E-state index in [0.29, 0.717) is 5.69 Å². The molecule has 0 aromatic heterocycles. The van der Waals surface area contributed by atoms with Crippen molar-refractivity contribution < 1.29 is 24.2 Å². The number of thioether (sulfide) groups is 1. The first-order chi connectivity index (χ1) is 13.5. The number of anilines is 1. The molecular formula is C23H33NO5S. The molecule has 1 heterocycles. The normalized spacial score (nSPS) is 16.9. The van der Waals surface area contributed by atoms with Gasteiger partial charge in [-0.3, -0.25) is 5.32 Å². The number of benzene rings is 1. The second-order valence-electron chi connectivity index (χ2n) is 10.2. The van der Waals surface area contributed by atoms with Crippen molar-refractivity contribution in [3.05, 3.63) is 33.9 Å². The van der Waals surface area contributed by atoms with E-state index in [9.17, 15) is 14.7 Å². The molecule has 0 saturated heterocycles. The molecule has 2 N–H and O–H groups in total. The van der Waals surface area contributed by atoms with Crippen LogP contribution >= 0.6 is 11.8 Å². The quantitative estimate of drug-likeness (QED) is 0.548. The van der Waals surface area contributed by atoms with Gasteiger partial charge in [-0.2, -0.15) is 0 Å². The fourth-order valence-electron chi connectivity index (χ4n) is 3.05. The molecule has 1 aliphatic heterocycles. The zero-order chi connectivity index (χ0) is 23.1. The minimum Gasteiger partial charge on any atom is -0.511 e. The van der Waals surface area contributed by atoms with Crippen LogP contribution in [0.5, 0.6) is 0 Å². The van der Waals surface area contributed by atoms with Gasteiger partial charge in [0.25, 0.3) is 0 Å². The molecule has 1 aromatic rings. The minimum absolute atomic E-state index is 0.0368. The summed E-state index contributed by atoms with van der Waals surface area (Å²) in [5.74, 6) is -0.489. The third-order valence-electron chi connectivity index (χ3n) is 4.39. The Morgan fingerprint density at radius 1 is 1.20 bits per heavy atom. The SMILES string of the molecule is Cc1cc(SC2=C(O)CC(C)(C)OC2=O)c(C(C)(C)C)cc1NC(=O)OC(C)(C)C. The standard InChI is InChI=1S/C23H33NO5S/c1-13-10-17(30-18-16(25)12-23(8,9)28-19(18)26)14(21(2,3)4)11-15(13)24-20(27)29-22(5,6)7/h10-11,25H,12H2,1-9H3,(H,24,27). The number of hydrogen-bond donors (Lipinski definition) is 2. The lowest BCUT2D eigenvalue weighted by molar-refractivity contribution is -0.153. The van der Waals surface area contributed by atoms with Crippen LogP contribution in [0.2, 0.25) is 0 Å². The molecule has 2 rings (SSSR count). The van der Waals surface area contributed by atoms with Crippen LogP contribution in [-0.4, -0.2) is 28.4 Å². The van der Waals surface area contributed by atoms with Gasteiger partial charge in [-0.05, 0) is 70.2 Å². The number of cyclic esters (lactones) is 1. The first-order valence-electron chi connectivity index (χ1n) is 9.97. The Balaban J connectivity index is 2.43. The highest BCUT2D eigenvalue weighted by Gasteiger charge is 2.36. The molecule has 0 atom stereocenters. The third-order valence-corrected chi connectivity index (χ3v) is 5.56. The van der Waals surface area contributed by atoms with Gasteiger partial charge in [0.1, 0.15) is 21.9 Å². The van der Waals surface area contributed by atoms with Crippen molar-refractivity contribution in [1.82, 2.24) is 0 Å². The highest BCUT2D eigenvalue weighted by molar-refractivity contribution is 8.04. The van der Waals surface area contributed by atoms with Crippen molar-refractivity contribution in [1.29, 1.82) is 0 Å². The second kappa shape index (κ2) is 8.17. The van der Waals surface area contributed by atoms with E-state index in [4.69, 9.17) is 9.47 Å². The van der Waals surface area contributed by atoms with Crippen molar-refractivity contribution in [2.24, 2.45) is 0 Å². The van der Waals surface area contributed by atoms with E-state index in [0.717, 1.165) is 16.0 Å². The summed E-state index contributed by atoms with van der Waals surface area (Å²) < 4.78 is 10.8. The van der Waals surface area contributed by atoms with Gasteiger partial charge < -0.3 is 14.6 Å². The molecule has 0 unspecified atom stereocenters. The number of esters is 1. The minimum atomic E-state index is -0.727. The molecule has 0 radical (unpaired) electrons. The maximum Gasteiger partial charge on any atom is 0.412 e. The summed E-state index contributed by atoms with van der Waals surface area (Å²) in [6, 6.07) is 3.81. The molecule has 0 saturated carbocycles. The van der Waals surface area contributed by atoms with Gasteiger partial charge in [0, 0.05) is 17.0 Å². The van der Waals surface area contributed by atoms with Crippen LogP contribution in [-0.2, 0) is 19.7 Å². The molecule has 6 nitrogen and oxygen atoms in total. The second-order valence-corrected chi connectivity index (χ2v) is 11.3. The van der Waals surface area contributed by atoms with E-state index in [2.05, 4.69) is 26.1 Å². The van der Waals surface area contributed by atoms with E-state index in [1.807, 2.05) is 39.8 Å². The monoisotopic (exact) mass is 435 g/mol. The summed E-state index contributed by atoms with van der Waals surface area (Å²) >= 11 is 1.20. The van der Waals surface area contributed by atoms with Crippen LogP contribution in [0.3, 0.4) is 0 Å². The van der Waals surface area contributed by atoms with E-state index < -0.39 is 23.3 Å². The first kappa shape index (κ1) is 24.1. The molecule has 30 heavy (non-hydrogen) atoms. The molecule has 0 aliphatic carbocycles. The summed E-state index contributed by atoms with van der Waals surface area (Å²) in [5, 5.41) is 13.3. The van der Waals surface area contributed by atoms with Crippen LogP contribution in [0.25, 0.3) is 0 Å². The Morgan fingerprint density at radius 2 is 1.80 bits per heavy atom. The Kier molecular flexibility index (Phi) is 6.57. The predicted octanol–water partition coefficient (Wildman–Crippen LogP) is 6.23. The van der Waals surface area contributed by atoms with Gasteiger partial charge in [-0.25, -0.2) is 9.59 Å². The maximum atomic E-state index is 12.5. The lowest BCUT2D eigenvalue weighted by Crippen LogP contribution is -2.33. The van der Waals surface area contributed by atoms with Gasteiger partial charge in [-0.15, -0.1) is 0 Å². The highest BCUT2D eigenvalue weighted by atomic mass is 32.2. The number of rotatable bonds is 3. The summed E-state index contributed by atoms with van der Waals surface area (Å²) in [4.78, 5) is 25.8. The zero-order valence-corrected chi connectivity index (χ0v) is 20.2. The third kappa shape index (κ3) is 6.17. The highest BCUT2D eigenvalue weighted by Crippen LogP contribution is 2.43. The summed E-state index contributed by atoms with van der Waals surface area (Å²) in [7, 11) is 0. The summed E-state index contributed by atoms with van der Waals surface area (Å²) in [6.45, 7) is 17.0. The molecule has 1 amide bonds. The first-order valence-corrected chi connectivity index (χ1v) is 10.8. The number of hydrogen-bond acceptors (Lipinski definition) is 6. The van der Waals surface area contributed by atoms with Gasteiger partial charge in [0.05, 0.1) is 0 Å². The van der Waals surface area contributed by atoms with Crippen molar-refractivity contribution in [3.8, 4) is 0 Å². The number of aliphatic hydroxyl groups excluding tert-OH is 1. The molecule has 0 fully saturated rings. The molecule has 1 aliphatic rings. The van der Waals surface area contributed by atoms with Crippen LogP contribution < -0.4 is 5.32 Å². The lowest BCUT2D eigenvalue weighted by atomic mass is 9.86. The molecular weight excluding hydrogens is 402 g/mol. The van der Waals surface area contributed by atoms with Crippen LogP contribution in [0.15, 0.2) is 27.7 Å². The largest absolute Gasteiger partial charge is 0.511 e. The fraction of sp³-hybridized carbons (Fsp3) is 0.565. The number of nitrogens with one attached hydrogen (secondary N) is 1.